The molecule has 0 saturated carbocycles. The maximum absolute atomic E-state index is 2.57. The van der Waals surface area contributed by atoms with Gasteiger partial charge in [-0.3, -0.25) is 0 Å². The molecule has 9 aromatic carbocycles. The van der Waals surface area contributed by atoms with Crippen LogP contribution >= 0.6 is 0 Å². The summed E-state index contributed by atoms with van der Waals surface area (Å²) in [6.07, 6.45) is 0. The summed E-state index contributed by atoms with van der Waals surface area (Å²) in [6.45, 7) is 9.55. The lowest BCUT2D eigenvalue weighted by atomic mass is 9.81. The average molecular weight is 785 g/mol. The van der Waals surface area contributed by atoms with E-state index >= 15 is 0 Å². The minimum Gasteiger partial charge on any atom is -0.310 e. The van der Waals surface area contributed by atoms with Crippen LogP contribution in [0.25, 0.3) is 71.6 Å². The summed E-state index contributed by atoms with van der Waals surface area (Å²) in [6, 6.07) is 72.4. The molecule has 0 spiro atoms. The minimum absolute atomic E-state index is 0. The molecule has 0 atom stereocenters. The molecule has 61 heavy (non-hydrogen) atoms. The third kappa shape index (κ3) is 5.21. The summed E-state index contributed by atoms with van der Waals surface area (Å²) < 4.78 is 2.46. The fourth-order valence-electron chi connectivity index (χ4n) is 11.0. The quantitative estimate of drug-likeness (QED) is 0.169. The highest BCUT2D eigenvalue weighted by atomic mass is 15.2. The highest BCUT2D eigenvalue weighted by Crippen LogP contribution is 2.58. The van der Waals surface area contributed by atoms with Gasteiger partial charge in [-0.15, -0.1) is 0 Å². The molecule has 2 heteroatoms. The first kappa shape index (κ1) is 36.9. The Labute approximate surface area is 359 Å². The fourth-order valence-corrected chi connectivity index (χ4v) is 11.0. The Bertz CT molecular complexity index is 3340. The van der Waals surface area contributed by atoms with Crippen molar-refractivity contribution in [2.75, 3.05) is 4.90 Å². The van der Waals surface area contributed by atoms with Crippen LogP contribution in [0.15, 0.2) is 194 Å². The predicted molar refractivity (Wildman–Crippen MR) is 260 cm³/mol. The van der Waals surface area contributed by atoms with Gasteiger partial charge in [-0.2, -0.15) is 0 Å². The lowest BCUT2D eigenvalue weighted by Crippen LogP contribution is -2.21. The van der Waals surface area contributed by atoms with Crippen LogP contribution in [0.3, 0.4) is 0 Å². The monoisotopic (exact) mass is 784 g/mol. The molecule has 0 amide bonds. The molecule has 12 rings (SSSR count). The number of rotatable bonds is 5. The van der Waals surface area contributed by atoms with E-state index in [0.717, 1.165) is 5.69 Å². The Balaban J connectivity index is 0.00000420. The van der Waals surface area contributed by atoms with E-state index in [1.807, 2.05) is 0 Å². The largest absolute Gasteiger partial charge is 0.310 e. The van der Waals surface area contributed by atoms with Crippen LogP contribution in [0.5, 0.6) is 0 Å². The molecule has 2 aliphatic carbocycles. The summed E-state index contributed by atoms with van der Waals surface area (Å²) in [7, 11) is 0. The molecule has 0 saturated heterocycles. The van der Waals surface area contributed by atoms with E-state index in [2.05, 4.69) is 231 Å². The normalized spacial score (nSPS) is 14.0. The first-order valence-electron chi connectivity index (χ1n) is 21.2. The van der Waals surface area contributed by atoms with Crippen molar-refractivity contribution in [2.24, 2.45) is 0 Å². The second-order valence-electron chi connectivity index (χ2n) is 17.7. The van der Waals surface area contributed by atoms with Gasteiger partial charge in [0.15, 0.2) is 0 Å². The molecule has 1 heterocycles. The van der Waals surface area contributed by atoms with Crippen LogP contribution in [0.2, 0.25) is 0 Å². The zero-order valence-electron chi connectivity index (χ0n) is 34.4. The number of hydrogen-bond acceptors (Lipinski definition) is 1. The standard InChI is InChI=1S/C58H44N2.CH4/c1-57(2)48-28-12-8-25-46(48)55-49(57)29-17-32-52(55)59(53-33-16-26-45-42-22-7-11-27-47(42)58(3,4)56(45)53)40-20-15-19-37(35-40)39-34-38-18-5-6-21-41(38)54(36-39)60-50-30-13-9-23-43(50)44-24-10-14-31-51(44)60;/h5-36H,1-4H3;1H4. The fraction of sp³-hybridized carbons (Fsp3) is 0.119. The van der Waals surface area contributed by atoms with Crippen LogP contribution in [0.4, 0.5) is 17.1 Å². The van der Waals surface area contributed by atoms with Crippen molar-refractivity contribution in [1.29, 1.82) is 0 Å². The molecule has 0 N–H and O–H groups in total. The Hall–Kier alpha value is -7.16. The van der Waals surface area contributed by atoms with Gasteiger partial charge < -0.3 is 9.47 Å². The Kier molecular flexibility index (Phi) is 8.12. The molecule has 1 aromatic heterocycles. The van der Waals surface area contributed by atoms with E-state index in [1.165, 1.54) is 105 Å². The molecule has 2 nitrogen and oxygen atoms in total. The van der Waals surface area contributed by atoms with Crippen LogP contribution in [-0.2, 0) is 10.8 Å². The minimum atomic E-state index is -0.205. The maximum Gasteiger partial charge on any atom is 0.0546 e. The van der Waals surface area contributed by atoms with Gasteiger partial charge >= 0.3 is 0 Å². The lowest BCUT2D eigenvalue weighted by Gasteiger charge is -2.34. The van der Waals surface area contributed by atoms with Gasteiger partial charge in [0.25, 0.3) is 0 Å². The Morgan fingerprint density at radius 2 is 0.967 bits per heavy atom. The van der Waals surface area contributed by atoms with Crippen molar-refractivity contribution < 1.29 is 0 Å². The number of nitrogens with zero attached hydrogens (tertiary/aromatic N) is 2. The van der Waals surface area contributed by atoms with Crippen molar-refractivity contribution in [3.63, 3.8) is 0 Å². The van der Waals surface area contributed by atoms with Crippen LogP contribution in [-0.4, -0.2) is 4.57 Å². The van der Waals surface area contributed by atoms with Crippen molar-refractivity contribution in [3.8, 4) is 39.1 Å². The molecule has 0 fully saturated rings. The smallest absolute Gasteiger partial charge is 0.0546 e. The van der Waals surface area contributed by atoms with Crippen molar-refractivity contribution in [3.05, 3.63) is 216 Å². The van der Waals surface area contributed by atoms with E-state index in [-0.39, 0.29) is 18.3 Å². The zero-order valence-corrected chi connectivity index (χ0v) is 34.4. The van der Waals surface area contributed by atoms with Crippen LogP contribution in [0, 0.1) is 0 Å². The molecule has 2 aliphatic rings. The number of hydrogen-bond donors (Lipinski definition) is 0. The Morgan fingerprint density at radius 3 is 1.72 bits per heavy atom. The Morgan fingerprint density at radius 1 is 0.410 bits per heavy atom. The molecule has 0 unspecified atom stereocenters. The second kappa shape index (κ2) is 13.4. The van der Waals surface area contributed by atoms with Gasteiger partial charge in [0.05, 0.1) is 28.1 Å². The molecular formula is C59H48N2. The molecule has 0 bridgehead atoms. The number of para-hydroxylation sites is 2. The van der Waals surface area contributed by atoms with Crippen molar-refractivity contribution in [1.82, 2.24) is 4.57 Å². The molecule has 0 radical (unpaired) electrons. The SMILES string of the molecule is C.CC1(C)c2ccccc2-c2c(N(c3cccc(-c4cc(-n5c6ccccc6c6ccccc65)c5ccccc5c4)c3)c3cccc4c3C(C)(C)c3ccccc3-4)cccc21. The summed E-state index contributed by atoms with van der Waals surface area (Å²) in [5.41, 5.74) is 19.9. The van der Waals surface area contributed by atoms with Gasteiger partial charge in [0.1, 0.15) is 0 Å². The molecular weight excluding hydrogens is 737 g/mol. The van der Waals surface area contributed by atoms with Gasteiger partial charge in [0, 0.05) is 38.2 Å². The maximum atomic E-state index is 2.57. The zero-order chi connectivity index (χ0) is 40.3. The van der Waals surface area contributed by atoms with Gasteiger partial charge in [0.2, 0.25) is 0 Å². The highest BCUT2D eigenvalue weighted by Gasteiger charge is 2.41. The first-order valence-corrected chi connectivity index (χ1v) is 21.2. The number of aromatic nitrogens is 1. The molecule has 294 valence electrons. The van der Waals surface area contributed by atoms with E-state index in [4.69, 9.17) is 0 Å². The number of anilines is 3. The second-order valence-corrected chi connectivity index (χ2v) is 17.7. The number of fused-ring (bicyclic) bond motifs is 10. The summed E-state index contributed by atoms with van der Waals surface area (Å²) >= 11 is 0. The van der Waals surface area contributed by atoms with E-state index in [0.29, 0.717) is 0 Å². The van der Waals surface area contributed by atoms with Gasteiger partial charge in [-0.05, 0) is 104 Å². The third-order valence-electron chi connectivity index (χ3n) is 13.7. The highest BCUT2D eigenvalue weighted by molar-refractivity contribution is 6.11. The third-order valence-corrected chi connectivity index (χ3v) is 13.7. The molecule has 0 aliphatic heterocycles. The van der Waals surface area contributed by atoms with Gasteiger partial charge in [-0.25, -0.2) is 0 Å². The van der Waals surface area contributed by atoms with E-state index < -0.39 is 0 Å². The first-order chi connectivity index (χ1) is 29.3. The van der Waals surface area contributed by atoms with Gasteiger partial charge in [-0.1, -0.05) is 181 Å². The average Bonchev–Trinajstić information content (AvgIpc) is 3.84. The van der Waals surface area contributed by atoms with E-state index in [9.17, 15) is 0 Å². The molecule has 10 aromatic rings. The topological polar surface area (TPSA) is 8.17 Å². The van der Waals surface area contributed by atoms with Crippen LogP contribution < -0.4 is 4.90 Å². The van der Waals surface area contributed by atoms with Crippen molar-refractivity contribution in [2.45, 2.75) is 46.0 Å². The summed E-state index contributed by atoms with van der Waals surface area (Å²) in [5.74, 6) is 0. The number of benzene rings is 9. The van der Waals surface area contributed by atoms with Crippen LogP contribution in [0.1, 0.15) is 57.4 Å². The predicted octanol–water partition coefficient (Wildman–Crippen LogP) is 16.3. The summed E-state index contributed by atoms with van der Waals surface area (Å²) in [4.78, 5) is 2.57. The van der Waals surface area contributed by atoms with Crippen molar-refractivity contribution >= 4 is 49.6 Å². The van der Waals surface area contributed by atoms with E-state index in [1.54, 1.807) is 0 Å². The lowest BCUT2D eigenvalue weighted by molar-refractivity contribution is 0.659. The summed E-state index contributed by atoms with van der Waals surface area (Å²) in [5, 5.41) is 4.98.